The number of benzene rings is 1. The van der Waals surface area contributed by atoms with Crippen molar-refractivity contribution in [3.8, 4) is 11.5 Å². The van der Waals surface area contributed by atoms with Crippen molar-refractivity contribution < 1.29 is 14.3 Å². The minimum absolute atomic E-state index is 0.261. The number of hydrogen-bond acceptors (Lipinski definition) is 4. The Morgan fingerprint density at radius 2 is 2.05 bits per heavy atom. The summed E-state index contributed by atoms with van der Waals surface area (Å²) in [7, 11) is 0. The van der Waals surface area contributed by atoms with Crippen molar-refractivity contribution in [1.82, 2.24) is 10.2 Å². The fraction of sp³-hybridized carbons (Fsp3) is 0.231. The van der Waals surface area contributed by atoms with E-state index in [0.717, 1.165) is 0 Å². The Labute approximate surface area is 109 Å². The number of ether oxygens (including phenoxy) is 2. The molecule has 0 unspecified atom stereocenters. The van der Waals surface area contributed by atoms with Crippen LogP contribution in [-0.4, -0.2) is 28.3 Å². The van der Waals surface area contributed by atoms with Gasteiger partial charge in [-0.3, -0.25) is 9.89 Å². The number of carbonyl (C=O) groups excluding carboxylic acids is 1. The Morgan fingerprint density at radius 1 is 1.32 bits per heavy atom. The second-order valence-corrected chi connectivity index (χ2v) is 4.28. The van der Waals surface area contributed by atoms with E-state index < -0.39 is 6.10 Å². The van der Waals surface area contributed by atoms with E-state index in [1.54, 1.807) is 19.2 Å². The summed E-state index contributed by atoms with van der Waals surface area (Å²) in [5.74, 6) is 0.971. The number of aromatic amines is 1. The molecular formula is C13H13N3O3. The summed E-state index contributed by atoms with van der Waals surface area (Å²) >= 11 is 0. The molecule has 2 N–H and O–H groups in total. The van der Waals surface area contributed by atoms with Gasteiger partial charge in [-0.2, -0.15) is 5.10 Å². The molecule has 6 heteroatoms. The highest BCUT2D eigenvalue weighted by Gasteiger charge is 2.34. The lowest BCUT2D eigenvalue weighted by atomic mass is 10.1. The van der Waals surface area contributed by atoms with Crippen LogP contribution < -0.4 is 14.8 Å². The predicted octanol–water partition coefficient (Wildman–Crippen LogP) is 1.58. The van der Waals surface area contributed by atoms with Gasteiger partial charge in [-0.05, 0) is 19.1 Å². The van der Waals surface area contributed by atoms with Crippen LogP contribution in [0.1, 0.15) is 6.92 Å². The predicted molar refractivity (Wildman–Crippen MR) is 68.2 cm³/mol. The van der Waals surface area contributed by atoms with Crippen LogP contribution in [0.4, 0.5) is 5.69 Å². The first-order valence-corrected chi connectivity index (χ1v) is 5.96. The minimum Gasteiger partial charge on any atom is -0.482 e. The number of H-pyrrole nitrogens is 1. The molecule has 98 valence electrons. The van der Waals surface area contributed by atoms with Crippen molar-refractivity contribution in [1.29, 1.82) is 0 Å². The quantitative estimate of drug-likeness (QED) is 0.858. The molecule has 0 fully saturated rings. The fourth-order valence-corrected chi connectivity index (χ4v) is 1.94. The molecule has 0 saturated carbocycles. The molecule has 1 aliphatic rings. The number of nitrogens with one attached hydrogen (secondary N) is 2. The SMILES string of the molecule is C[C@H]1Oc2ccccc2O[C@@H]1C(=O)Nc1cn[nH]c1. The molecule has 1 aromatic carbocycles. The summed E-state index contributed by atoms with van der Waals surface area (Å²) in [4.78, 5) is 12.1. The molecule has 0 aliphatic carbocycles. The number of amides is 1. The number of anilines is 1. The topological polar surface area (TPSA) is 76.2 Å². The third-order valence-electron chi connectivity index (χ3n) is 2.87. The molecule has 6 nitrogen and oxygen atoms in total. The summed E-state index contributed by atoms with van der Waals surface area (Å²) in [6, 6.07) is 7.29. The Morgan fingerprint density at radius 3 is 2.74 bits per heavy atom. The number of hydrogen-bond donors (Lipinski definition) is 2. The van der Waals surface area contributed by atoms with E-state index in [4.69, 9.17) is 9.47 Å². The minimum atomic E-state index is -0.690. The number of rotatable bonds is 2. The van der Waals surface area contributed by atoms with Gasteiger partial charge >= 0.3 is 0 Å². The third kappa shape index (κ3) is 2.24. The van der Waals surface area contributed by atoms with Gasteiger partial charge in [-0.1, -0.05) is 12.1 Å². The highest BCUT2D eigenvalue weighted by Crippen LogP contribution is 2.33. The van der Waals surface area contributed by atoms with Gasteiger partial charge in [-0.15, -0.1) is 0 Å². The van der Waals surface area contributed by atoms with Crippen LogP contribution in [0.25, 0.3) is 0 Å². The summed E-state index contributed by atoms with van der Waals surface area (Å²) in [6.07, 6.45) is 2.08. The van der Waals surface area contributed by atoms with Crippen molar-refractivity contribution in [3.05, 3.63) is 36.7 Å². The molecule has 2 aromatic rings. The van der Waals surface area contributed by atoms with Gasteiger partial charge in [0, 0.05) is 6.20 Å². The molecular weight excluding hydrogens is 246 g/mol. The van der Waals surface area contributed by atoms with Gasteiger partial charge in [0.1, 0.15) is 6.10 Å². The monoisotopic (exact) mass is 259 g/mol. The molecule has 3 rings (SSSR count). The average molecular weight is 259 g/mol. The van der Waals surface area contributed by atoms with E-state index in [9.17, 15) is 4.79 Å². The van der Waals surface area contributed by atoms with Gasteiger partial charge in [0.15, 0.2) is 11.5 Å². The Bertz CT molecular complexity index is 583. The molecule has 0 radical (unpaired) electrons. The van der Waals surface area contributed by atoms with Gasteiger partial charge in [-0.25, -0.2) is 0 Å². The lowest BCUT2D eigenvalue weighted by molar-refractivity contribution is -0.128. The standard InChI is InChI=1S/C13H13N3O3/c1-8-12(13(17)16-9-6-14-15-7-9)19-11-5-3-2-4-10(11)18-8/h2-8,12H,1H3,(H,14,15)(H,16,17)/t8-,12+/m1/s1. The van der Waals surface area contributed by atoms with E-state index >= 15 is 0 Å². The molecule has 1 amide bonds. The summed E-state index contributed by atoms with van der Waals surface area (Å²) in [5, 5.41) is 9.11. The fourth-order valence-electron chi connectivity index (χ4n) is 1.94. The molecule has 2 atom stereocenters. The maximum atomic E-state index is 12.1. The highest BCUT2D eigenvalue weighted by molar-refractivity contribution is 5.94. The van der Waals surface area contributed by atoms with Crippen LogP contribution in [0, 0.1) is 0 Å². The van der Waals surface area contributed by atoms with E-state index in [-0.39, 0.29) is 12.0 Å². The van der Waals surface area contributed by atoms with Crippen molar-refractivity contribution in [2.45, 2.75) is 19.1 Å². The van der Waals surface area contributed by atoms with Crippen LogP contribution >= 0.6 is 0 Å². The number of nitrogens with zero attached hydrogens (tertiary/aromatic N) is 1. The number of carbonyl (C=O) groups is 1. The van der Waals surface area contributed by atoms with Crippen LogP contribution in [0.5, 0.6) is 11.5 Å². The Kier molecular flexibility index (Phi) is 2.83. The van der Waals surface area contributed by atoms with Gasteiger partial charge in [0.25, 0.3) is 5.91 Å². The molecule has 2 heterocycles. The third-order valence-corrected chi connectivity index (χ3v) is 2.87. The van der Waals surface area contributed by atoms with Gasteiger partial charge < -0.3 is 14.8 Å². The molecule has 0 spiro atoms. The van der Waals surface area contributed by atoms with E-state index in [2.05, 4.69) is 15.5 Å². The van der Waals surface area contributed by atoms with Crippen LogP contribution in [0.15, 0.2) is 36.7 Å². The maximum Gasteiger partial charge on any atom is 0.269 e. The van der Waals surface area contributed by atoms with Crippen LogP contribution in [0.3, 0.4) is 0 Å². The zero-order valence-electron chi connectivity index (χ0n) is 10.3. The lowest BCUT2D eigenvalue weighted by Gasteiger charge is -2.30. The number of para-hydroxylation sites is 2. The van der Waals surface area contributed by atoms with Crippen molar-refractivity contribution in [2.24, 2.45) is 0 Å². The van der Waals surface area contributed by atoms with Gasteiger partial charge in [0.2, 0.25) is 6.10 Å². The lowest BCUT2D eigenvalue weighted by Crippen LogP contribution is -2.46. The Balaban J connectivity index is 1.77. The molecule has 0 bridgehead atoms. The van der Waals surface area contributed by atoms with Crippen molar-refractivity contribution in [2.75, 3.05) is 5.32 Å². The maximum absolute atomic E-state index is 12.1. The normalized spacial score (nSPS) is 20.9. The highest BCUT2D eigenvalue weighted by atomic mass is 16.6. The van der Waals surface area contributed by atoms with Gasteiger partial charge in [0.05, 0.1) is 11.9 Å². The van der Waals surface area contributed by atoms with E-state index in [1.165, 1.54) is 6.20 Å². The van der Waals surface area contributed by atoms with Crippen molar-refractivity contribution in [3.63, 3.8) is 0 Å². The van der Waals surface area contributed by atoms with Crippen molar-refractivity contribution >= 4 is 11.6 Å². The van der Waals surface area contributed by atoms with E-state index in [0.29, 0.717) is 17.2 Å². The zero-order valence-corrected chi connectivity index (χ0v) is 10.3. The second-order valence-electron chi connectivity index (χ2n) is 4.28. The second kappa shape index (κ2) is 4.64. The number of fused-ring (bicyclic) bond motifs is 1. The first-order valence-electron chi connectivity index (χ1n) is 5.96. The molecule has 0 saturated heterocycles. The molecule has 1 aromatic heterocycles. The van der Waals surface area contributed by atoms with E-state index in [1.807, 2.05) is 18.2 Å². The number of aromatic nitrogens is 2. The Hall–Kier alpha value is -2.50. The van der Waals surface area contributed by atoms with Crippen LogP contribution in [-0.2, 0) is 4.79 Å². The molecule has 1 aliphatic heterocycles. The summed E-state index contributed by atoms with van der Waals surface area (Å²) in [6.45, 7) is 1.80. The summed E-state index contributed by atoms with van der Waals surface area (Å²) in [5.41, 5.74) is 0.597. The average Bonchev–Trinajstić information content (AvgIpc) is 2.90. The molecule has 19 heavy (non-hydrogen) atoms. The first kappa shape index (κ1) is 11.6. The first-order chi connectivity index (χ1) is 9.24. The largest absolute Gasteiger partial charge is 0.482 e. The van der Waals surface area contributed by atoms with Crippen LogP contribution in [0.2, 0.25) is 0 Å². The smallest absolute Gasteiger partial charge is 0.269 e. The zero-order chi connectivity index (χ0) is 13.2. The summed E-state index contributed by atoms with van der Waals surface area (Å²) < 4.78 is 11.4.